The second-order valence-electron chi connectivity index (χ2n) is 2.34. The van der Waals surface area contributed by atoms with E-state index in [4.69, 9.17) is 5.11 Å². The molecular weight excluding hydrogens is 176 g/mol. The van der Waals surface area contributed by atoms with E-state index in [1.807, 2.05) is 6.92 Å². The van der Waals surface area contributed by atoms with E-state index in [-0.39, 0.29) is 0 Å². The Kier molecular flexibility index (Phi) is 8.14. The predicted molar refractivity (Wildman–Crippen MR) is 56.2 cm³/mol. The number of hydrogen-bond donors (Lipinski definition) is 1. The summed E-state index contributed by atoms with van der Waals surface area (Å²) in [5.74, 6) is 10.3. The highest BCUT2D eigenvalue weighted by Gasteiger charge is 1.88. The fourth-order valence-electron chi connectivity index (χ4n) is 0.512. The number of allylic oxidation sites excluding steroid dienone is 4. The normalized spacial score (nSPS) is 11.6. The largest absolute Gasteiger partial charge is 0.380 e. The topological polar surface area (TPSA) is 37.3 Å². The van der Waals surface area contributed by atoms with Gasteiger partial charge in [-0.15, -0.1) is 0 Å². The molecule has 0 rings (SSSR count). The van der Waals surface area contributed by atoms with Crippen molar-refractivity contribution in [2.75, 3.05) is 0 Å². The second-order valence-corrected chi connectivity index (χ2v) is 2.34. The lowest BCUT2D eigenvalue weighted by atomic mass is 10.3. The van der Waals surface area contributed by atoms with E-state index in [9.17, 15) is 4.79 Å². The van der Waals surface area contributed by atoms with Crippen LogP contribution in [-0.2, 0) is 4.79 Å². The van der Waals surface area contributed by atoms with E-state index in [2.05, 4.69) is 23.7 Å². The van der Waals surface area contributed by atoms with Gasteiger partial charge in [0.05, 0.1) is 0 Å². The Hall–Kier alpha value is -1.77. The minimum absolute atomic E-state index is 0.594. The molecule has 0 aliphatic carbocycles. The lowest BCUT2D eigenvalue weighted by Gasteiger charge is -1.91. The van der Waals surface area contributed by atoms with Gasteiger partial charge in [-0.25, -0.2) is 0 Å². The molecule has 0 saturated carbocycles. The van der Waals surface area contributed by atoms with Crippen LogP contribution in [0.15, 0.2) is 24.3 Å². The van der Waals surface area contributed by atoms with Crippen LogP contribution in [0, 0.1) is 23.7 Å². The molecule has 0 aromatic carbocycles. The highest BCUT2D eigenvalue weighted by Crippen LogP contribution is 1.84. The number of carbonyl (C=O) groups excluding carboxylic acids is 1. The third-order valence-electron chi connectivity index (χ3n) is 1.24. The first kappa shape index (κ1) is 12.2. The summed E-state index contributed by atoms with van der Waals surface area (Å²) in [5.41, 5.74) is 0. The summed E-state index contributed by atoms with van der Waals surface area (Å²) in [7, 11) is 0. The van der Waals surface area contributed by atoms with Crippen LogP contribution < -0.4 is 0 Å². The average Bonchev–Trinajstić information content (AvgIpc) is 2.21. The molecule has 0 aromatic rings. The molecule has 0 saturated heterocycles. The Morgan fingerprint density at radius 2 is 2.07 bits per heavy atom. The molecule has 0 radical (unpaired) electrons. The van der Waals surface area contributed by atoms with Gasteiger partial charge in [-0.3, -0.25) is 4.79 Å². The summed E-state index contributed by atoms with van der Waals surface area (Å²) in [5, 5.41) is 9.02. The van der Waals surface area contributed by atoms with Gasteiger partial charge in [0.25, 0.3) is 0 Å². The maximum absolute atomic E-state index is 9.84. The second kappa shape index (κ2) is 9.32. The van der Waals surface area contributed by atoms with Crippen molar-refractivity contribution in [1.29, 1.82) is 0 Å². The number of rotatable bonds is 3. The maximum atomic E-state index is 9.84. The van der Waals surface area contributed by atoms with Gasteiger partial charge in [-0.05, 0) is 30.4 Å². The van der Waals surface area contributed by atoms with Crippen molar-refractivity contribution < 1.29 is 9.90 Å². The van der Waals surface area contributed by atoms with Crippen LogP contribution in [0.25, 0.3) is 0 Å². The number of aldehydes is 1. The molecule has 0 heterocycles. The average molecular weight is 188 g/mol. The van der Waals surface area contributed by atoms with Crippen molar-refractivity contribution in [3.63, 3.8) is 0 Å². The zero-order chi connectivity index (χ0) is 10.6. The molecule has 0 amide bonds. The molecule has 0 bridgehead atoms. The molecule has 14 heavy (non-hydrogen) atoms. The van der Waals surface area contributed by atoms with Crippen molar-refractivity contribution in [2.45, 2.75) is 19.4 Å². The minimum atomic E-state index is -0.594. The van der Waals surface area contributed by atoms with Gasteiger partial charge in [0.15, 0.2) is 0 Å². The fourth-order valence-corrected chi connectivity index (χ4v) is 0.512. The summed E-state index contributed by atoms with van der Waals surface area (Å²) < 4.78 is 0. The van der Waals surface area contributed by atoms with E-state index in [1.54, 1.807) is 18.2 Å². The third-order valence-corrected chi connectivity index (χ3v) is 1.24. The Labute approximate surface area is 84.3 Å². The molecular formula is C12H12O2. The first-order valence-electron chi connectivity index (χ1n) is 4.27. The van der Waals surface area contributed by atoms with Gasteiger partial charge in [-0.1, -0.05) is 30.9 Å². The number of carbonyl (C=O) groups is 1. The quantitative estimate of drug-likeness (QED) is 0.311. The van der Waals surface area contributed by atoms with Gasteiger partial charge in [0, 0.05) is 0 Å². The lowest BCUT2D eigenvalue weighted by molar-refractivity contribution is -0.104. The molecule has 2 heteroatoms. The van der Waals surface area contributed by atoms with E-state index in [0.29, 0.717) is 12.7 Å². The zero-order valence-electron chi connectivity index (χ0n) is 8.03. The Morgan fingerprint density at radius 3 is 2.71 bits per heavy atom. The fraction of sp³-hybridized carbons (Fsp3) is 0.250. The lowest BCUT2D eigenvalue weighted by Crippen LogP contribution is -1.98. The van der Waals surface area contributed by atoms with E-state index >= 15 is 0 Å². The molecule has 0 aliphatic heterocycles. The smallest absolute Gasteiger partial charge is 0.142 e. The Morgan fingerprint density at radius 1 is 1.29 bits per heavy atom. The summed E-state index contributed by atoms with van der Waals surface area (Å²) in [6.45, 7) is 1.84. The van der Waals surface area contributed by atoms with Crippen molar-refractivity contribution in [3.8, 4) is 23.7 Å². The van der Waals surface area contributed by atoms with Crippen LogP contribution in [-0.4, -0.2) is 17.5 Å². The monoisotopic (exact) mass is 188 g/mol. The van der Waals surface area contributed by atoms with Gasteiger partial charge in [0.1, 0.15) is 12.4 Å². The summed E-state index contributed by atoms with van der Waals surface area (Å²) in [6.07, 6.45) is 6.86. The van der Waals surface area contributed by atoms with Crippen LogP contribution in [0.5, 0.6) is 0 Å². The summed E-state index contributed by atoms with van der Waals surface area (Å²) in [6, 6.07) is 0. The van der Waals surface area contributed by atoms with Gasteiger partial charge in [-0.2, -0.15) is 0 Å². The highest BCUT2D eigenvalue weighted by atomic mass is 16.3. The van der Waals surface area contributed by atoms with Crippen LogP contribution in [0.1, 0.15) is 13.3 Å². The molecule has 0 spiro atoms. The zero-order valence-corrected chi connectivity index (χ0v) is 8.03. The van der Waals surface area contributed by atoms with Gasteiger partial charge >= 0.3 is 0 Å². The van der Waals surface area contributed by atoms with Crippen LogP contribution in [0.4, 0.5) is 0 Å². The first-order chi connectivity index (χ1) is 6.81. The molecule has 1 atom stereocenters. The molecule has 0 aliphatic rings. The number of aliphatic hydroxyl groups is 1. The van der Waals surface area contributed by atoms with Crippen molar-refractivity contribution in [2.24, 2.45) is 0 Å². The SMILES string of the molecule is CCC(O)C#CC#C/C=C/C=C/C=O. The molecule has 72 valence electrons. The summed E-state index contributed by atoms with van der Waals surface area (Å²) >= 11 is 0. The Bertz CT molecular complexity index is 329. The summed E-state index contributed by atoms with van der Waals surface area (Å²) in [4.78, 5) is 9.84. The van der Waals surface area contributed by atoms with Crippen molar-refractivity contribution >= 4 is 6.29 Å². The Balaban J connectivity index is 3.92. The van der Waals surface area contributed by atoms with Crippen molar-refractivity contribution in [3.05, 3.63) is 24.3 Å². The molecule has 0 aromatic heterocycles. The molecule has 2 nitrogen and oxygen atoms in total. The van der Waals surface area contributed by atoms with Gasteiger partial charge in [0.2, 0.25) is 0 Å². The minimum Gasteiger partial charge on any atom is -0.380 e. The maximum Gasteiger partial charge on any atom is 0.142 e. The van der Waals surface area contributed by atoms with E-state index in [1.165, 1.54) is 6.08 Å². The number of hydrogen-bond acceptors (Lipinski definition) is 2. The van der Waals surface area contributed by atoms with E-state index < -0.39 is 6.10 Å². The number of aliphatic hydroxyl groups excluding tert-OH is 1. The molecule has 1 unspecified atom stereocenters. The van der Waals surface area contributed by atoms with Crippen LogP contribution in [0.3, 0.4) is 0 Å². The highest BCUT2D eigenvalue weighted by molar-refractivity contribution is 5.65. The van der Waals surface area contributed by atoms with E-state index in [0.717, 1.165) is 0 Å². The standard InChI is InChI=1S/C12H12O2/c1-2-12(14)10-8-6-4-3-5-7-9-11-13/h3,5,7,9,11-12,14H,2H2,1H3/b5-3+,9-7+. The van der Waals surface area contributed by atoms with Crippen LogP contribution in [0.2, 0.25) is 0 Å². The van der Waals surface area contributed by atoms with Crippen molar-refractivity contribution in [1.82, 2.24) is 0 Å². The molecule has 0 fully saturated rings. The third kappa shape index (κ3) is 8.33. The molecule has 1 N–H and O–H groups in total. The first-order valence-corrected chi connectivity index (χ1v) is 4.27. The predicted octanol–water partition coefficient (Wildman–Crippen LogP) is 1.08. The van der Waals surface area contributed by atoms with Crippen LogP contribution >= 0.6 is 0 Å². The van der Waals surface area contributed by atoms with Gasteiger partial charge < -0.3 is 5.11 Å².